The van der Waals surface area contributed by atoms with E-state index in [-0.39, 0.29) is 12.5 Å². The Labute approximate surface area is 66.3 Å². The predicted molar refractivity (Wildman–Crippen MR) is 42.7 cm³/mol. The number of rotatable bonds is 5. The molecule has 0 bridgehead atoms. The van der Waals surface area contributed by atoms with Crippen molar-refractivity contribution in [2.24, 2.45) is 17.2 Å². The monoisotopic (exact) mass is 159 g/mol. The maximum Gasteiger partial charge on any atom is 0.259 e. The summed E-state index contributed by atoms with van der Waals surface area (Å²) in [6, 6.07) is -0.646. The van der Waals surface area contributed by atoms with Gasteiger partial charge in [-0.05, 0) is 13.0 Å². The standard InChI is InChI=1S/C6H15N4O/c7-2-1-3-10-6(11)5(9)4-8/h5H,1-4,7-9H2. The van der Waals surface area contributed by atoms with Crippen molar-refractivity contribution in [3.63, 3.8) is 0 Å². The fraction of sp³-hybridized carbons (Fsp3) is 0.833. The highest BCUT2D eigenvalue weighted by Gasteiger charge is 2.10. The molecule has 0 aliphatic rings. The van der Waals surface area contributed by atoms with E-state index in [9.17, 15) is 4.79 Å². The Kier molecular flexibility index (Phi) is 5.73. The van der Waals surface area contributed by atoms with Crippen LogP contribution >= 0.6 is 0 Å². The molecule has 6 N–H and O–H groups in total. The zero-order chi connectivity index (χ0) is 8.69. The summed E-state index contributed by atoms with van der Waals surface area (Å²) in [6.45, 7) is 1.13. The molecule has 1 radical (unpaired) electrons. The molecule has 0 aromatic rings. The average molecular weight is 159 g/mol. The Morgan fingerprint density at radius 3 is 2.55 bits per heavy atom. The van der Waals surface area contributed by atoms with Gasteiger partial charge in [-0.15, -0.1) is 0 Å². The minimum absolute atomic E-state index is 0.144. The molecule has 0 saturated carbocycles. The molecular weight excluding hydrogens is 144 g/mol. The van der Waals surface area contributed by atoms with E-state index in [1.54, 1.807) is 0 Å². The third kappa shape index (κ3) is 4.72. The van der Waals surface area contributed by atoms with Crippen molar-refractivity contribution in [3.8, 4) is 0 Å². The number of carbonyl (C=O) groups excluding carboxylic acids is 1. The second-order valence-electron chi connectivity index (χ2n) is 2.20. The highest BCUT2D eigenvalue weighted by atomic mass is 16.2. The van der Waals surface area contributed by atoms with Crippen LogP contribution in [-0.2, 0) is 4.79 Å². The first-order valence-corrected chi connectivity index (χ1v) is 3.59. The van der Waals surface area contributed by atoms with Crippen molar-refractivity contribution in [1.82, 2.24) is 5.32 Å². The van der Waals surface area contributed by atoms with Gasteiger partial charge in [0.25, 0.3) is 5.91 Å². The van der Waals surface area contributed by atoms with Crippen molar-refractivity contribution in [1.29, 1.82) is 0 Å². The van der Waals surface area contributed by atoms with Crippen molar-refractivity contribution in [2.45, 2.75) is 12.5 Å². The van der Waals surface area contributed by atoms with E-state index in [1.165, 1.54) is 0 Å². The van der Waals surface area contributed by atoms with E-state index in [2.05, 4.69) is 5.32 Å². The molecule has 0 aromatic heterocycles. The summed E-state index contributed by atoms with van der Waals surface area (Å²) in [5, 5.41) is 3.66. The Morgan fingerprint density at radius 2 is 2.09 bits per heavy atom. The van der Waals surface area contributed by atoms with Gasteiger partial charge in [-0.1, -0.05) is 0 Å². The topological polar surface area (TPSA) is 109 Å². The van der Waals surface area contributed by atoms with Crippen LogP contribution in [-0.4, -0.2) is 31.6 Å². The normalized spacial score (nSPS) is 12.6. The maximum absolute atomic E-state index is 10.8. The van der Waals surface area contributed by atoms with Gasteiger partial charge in [-0.2, -0.15) is 0 Å². The Balaban J connectivity index is 3.36. The molecule has 0 aliphatic heterocycles. The van der Waals surface area contributed by atoms with E-state index < -0.39 is 6.04 Å². The zero-order valence-electron chi connectivity index (χ0n) is 6.49. The molecule has 1 atom stereocenters. The molecule has 0 rings (SSSR count). The summed E-state index contributed by atoms with van der Waals surface area (Å²) in [5.41, 5.74) is 15.6. The molecule has 65 valence electrons. The van der Waals surface area contributed by atoms with Crippen molar-refractivity contribution in [3.05, 3.63) is 0 Å². The molecule has 0 fully saturated rings. The molecule has 5 heteroatoms. The van der Waals surface area contributed by atoms with Gasteiger partial charge in [0.05, 0.1) is 6.04 Å². The van der Waals surface area contributed by atoms with Crippen LogP contribution in [0.1, 0.15) is 6.42 Å². The summed E-state index contributed by atoms with van der Waals surface area (Å²) < 4.78 is 0. The SMILES string of the molecule is NCCC[N]C(=O)C(N)CN. The van der Waals surface area contributed by atoms with Gasteiger partial charge in [-0.3, -0.25) is 10.1 Å². The third-order valence-electron chi connectivity index (χ3n) is 1.20. The summed E-state index contributed by atoms with van der Waals surface area (Å²) in [4.78, 5) is 10.8. The van der Waals surface area contributed by atoms with Gasteiger partial charge in [0, 0.05) is 13.1 Å². The minimum Gasteiger partial charge on any atom is -0.330 e. The van der Waals surface area contributed by atoms with E-state index >= 15 is 0 Å². The molecule has 1 amide bonds. The number of hydrogen-bond acceptors (Lipinski definition) is 4. The van der Waals surface area contributed by atoms with Gasteiger partial charge in [-0.25, -0.2) is 0 Å². The molecule has 5 nitrogen and oxygen atoms in total. The Morgan fingerprint density at radius 1 is 1.45 bits per heavy atom. The molecular formula is C6H15N4O. The molecule has 0 saturated heterocycles. The van der Waals surface area contributed by atoms with Crippen LogP contribution in [0.4, 0.5) is 0 Å². The first kappa shape index (κ1) is 10.3. The van der Waals surface area contributed by atoms with E-state index in [0.717, 1.165) is 0 Å². The van der Waals surface area contributed by atoms with Crippen LogP contribution in [0.2, 0.25) is 0 Å². The summed E-state index contributed by atoms with van der Waals surface area (Å²) in [7, 11) is 0. The molecule has 0 aliphatic carbocycles. The first-order valence-electron chi connectivity index (χ1n) is 3.59. The van der Waals surface area contributed by atoms with Gasteiger partial charge in [0.1, 0.15) is 0 Å². The lowest BCUT2D eigenvalue weighted by Crippen LogP contribution is -2.42. The molecule has 0 heterocycles. The van der Waals surface area contributed by atoms with Crippen molar-refractivity contribution < 1.29 is 4.79 Å². The van der Waals surface area contributed by atoms with E-state index in [4.69, 9.17) is 17.2 Å². The largest absolute Gasteiger partial charge is 0.330 e. The highest BCUT2D eigenvalue weighted by molar-refractivity contribution is 5.81. The van der Waals surface area contributed by atoms with E-state index in [1.807, 2.05) is 0 Å². The van der Waals surface area contributed by atoms with Gasteiger partial charge in [0.15, 0.2) is 0 Å². The molecule has 0 spiro atoms. The van der Waals surface area contributed by atoms with Crippen molar-refractivity contribution >= 4 is 5.91 Å². The maximum atomic E-state index is 10.8. The second kappa shape index (κ2) is 6.09. The van der Waals surface area contributed by atoms with Crippen LogP contribution in [0.3, 0.4) is 0 Å². The number of carbonyl (C=O) groups is 1. The quantitative estimate of drug-likeness (QED) is 0.394. The Hall–Kier alpha value is -0.650. The summed E-state index contributed by atoms with van der Waals surface area (Å²) >= 11 is 0. The van der Waals surface area contributed by atoms with Crippen molar-refractivity contribution in [2.75, 3.05) is 19.6 Å². The first-order chi connectivity index (χ1) is 5.22. The van der Waals surface area contributed by atoms with Gasteiger partial charge in [0.2, 0.25) is 0 Å². The second-order valence-corrected chi connectivity index (χ2v) is 2.20. The molecule has 1 unspecified atom stereocenters. The lowest BCUT2D eigenvalue weighted by molar-refractivity contribution is -0.122. The number of hydrogen-bond donors (Lipinski definition) is 3. The van der Waals surface area contributed by atoms with Gasteiger partial charge < -0.3 is 17.2 Å². The Bertz CT molecular complexity index is 117. The lowest BCUT2D eigenvalue weighted by atomic mass is 10.3. The fourth-order valence-corrected chi connectivity index (χ4v) is 0.499. The summed E-state index contributed by atoms with van der Waals surface area (Å²) in [6.07, 6.45) is 0.711. The number of nitrogens with zero attached hydrogens (tertiary/aromatic N) is 1. The zero-order valence-corrected chi connectivity index (χ0v) is 6.49. The minimum atomic E-state index is -0.646. The molecule has 0 aromatic carbocycles. The van der Waals surface area contributed by atoms with E-state index in [0.29, 0.717) is 19.5 Å². The van der Waals surface area contributed by atoms with Crippen LogP contribution in [0, 0.1) is 0 Å². The smallest absolute Gasteiger partial charge is 0.259 e. The lowest BCUT2D eigenvalue weighted by Gasteiger charge is -2.05. The van der Waals surface area contributed by atoms with Gasteiger partial charge >= 0.3 is 0 Å². The number of amides is 1. The fourth-order valence-electron chi connectivity index (χ4n) is 0.499. The number of nitrogens with two attached hydrogens (primary N) is 3. The third-order valence-corrected chi connectivity index (χ3v) is 1.20. The average Bonchev–Trinajstić information content (AvgIpc) is 2.03. The van der Waals surface area contributed by atoms with Crippen LogP contribution < -0.4 is 22.5 Å². The predicted octanol–water partition coefficient (Wildman–Crippen LogP) is -2.25. The van der Waals surface area contributed by atoms with Crippen LogP contribution in [0.5, 0.6) is 0 Å². The van der Waals surface area contributed by atoms with Crippen LogP contribution in [0.25, 0.3) is 0 Å². The van der Waals surface area contributed by atoms with Crippen LogP contribution in [0.15, 0.2) is 0 Å². The molecule has 11 heavy (non-hydrogen) atoms. The summed E-state index contributed by atoms with van der Waals surface area (Å²) in [5.74, 6) is -0.332. The highest BCUT2D eigenvalue weighted by Crippen LogP contribution is 1.78.